The number of alkyl halides is 6. The highest BCUT2D eigenvalue weighted by Crippen LogP contribution is 2.37. The van der Waals surface area contributed by atoms with Gasteiger partial charge in [-0.25, -0.2) is 9.72 Å². The van der Waals surface area contributed by atoms with Crippen molar-refractivity contribution < 1.29 is 45.7 Å². The third-order valence-electron chi connectivity index (χ3n) is 3.02. The SMILES string of the molecule is OC(COCc1cccc(Oc2ccccc2)n1)(OC(F)(F)F)C(F)(F)F. The molecule has 148 valence electrons. The maximum Gasteiger partial charge on any atom is 0.525 e. The fraction of sp³-hybridized carbons (Fsp3) is 0.312. The van der Waals surface area contributed by atoms with Crippen molar-refractivity contribution in [2.75, 3.05) is 6.61 Å². The number of benzene rings is 1. The van der Waals surface area contributed by atoms with Gasteiger partial charge < -0.3 is 14.6 Å². The van der Waals surface area contributed by atoms with Crippen molar-refractivity contribution >= 4 is 0 Å². The van der Waals surface area contributed by atoms with Crippen LogP contribution in [0.1, 0.15) is 5.69 Å². The molecule has 0 saturated heterocycles. The lowest BCUT2D eigenvalue weighted by Crippen LogP contribution is -2.54. The number of rotatable bonds is 7. The Morgan fingerprint density at radius 2 is 1.56 bits per heavy atom. The van der Waals surface area contributed by atoms with Gasteiger partial charge in [0.25, 0.3) is 5.79 Å². The Kier molecular flexibility index (Phi) is 6.29. The smallest absolute Gasteiger partial charge is 0.439 e. The van der Waals surface area contributed by atoms with Crippen LogP contribution in [0, 0.1) is 0 Å². The van der Waals surface area contributed by atoms with E-state index in [1.165, 1.54) is 18.2 Å². The van der Waals surface area contributed by atoms with E-state index in [0.29, 0.717) is 5.75 Å². The maximum absolute atomic E-state index is 12.7. The summed E-state index contributed by atoms with van der Waals surface area (Å²) < 4.78 is 87.2. The molecule has 0 aliphatic carbocycles. The van der Waals surface area contributed by atoms with E-state index in [1.807, 2.05) is 0 Å². The minimum absolute atomic E-state index is 0.0694. The van der Waals surface area contributed by atoms with Crippen molar-refractivity contribution in [3.8, 4) is 11.6 Å². The molecule has 2 rings (SSSR count). The van der Waals surface area contributed by atoms with Gasteiger partial charge in [-0.2, -0.15) is 13.2 Å². The molecule has 1 atom stereocenters. The Morgan fingerprint density at radius 3 is 2.15 bits per heavy atom. The van der Waals surface area contributed by atoms with Crippen molar-refractivity contribution in [1.29, 1.82) is 0 Å². The standard InChI is InChI=1S/C16H13F6NO4/c17-15(18,19)14(24,27-16(20,21)22)10-25-9-11-5-4-8-13(23-11)26-12-6-2-1-3-7-12/h1-8,24H,9-10H2. The Hall–Kier alpha value is -2.37. The van der Waals surface area contributed by atoms with Crippen LogP contribution in [0.3, 0.4) is 0 Å². The van der Waals surface area contributed by atoms with Crippen LogP contribution in [0.2, 0.25) is 0 Å². The molecule has 1 unspecified atom stereocenters. The number of aromatic nitrogens is 1. The van der Waals surface area contributed by atoms with Gasteiger partial charge in [-0.3, -0.25) is 0 Å². The molecule has 1 aromatic carbocycles. The molecule has 11 heteroatoms. The quantitative estimate of drug-likeness (QED) is 0.561. The van der Waals surface area contributed by atoms with Gasteiger partial charge in [0.05, 0.1) is 12.3 Å². The molecule has 0 fully saturated rings. The van der Waals surface area contributed by atoms with Crippen molar-refractivity contribution in [3.63, 3.8) is 0 Å². The van der Waals surface area contributed by atoms with Gasteiger partial charge >= 0.3 is 12.5 Å². The summed E-state index contributed by atoms with van der Waals surface area (Å²) in [6.45, 7) is -2.42. The summed E-state index contributed by atoms with van der Waals surface area (Å²) in [5.41, 5.74) is 0.0694. The molecule has 1 N–H and O–H groups in total. The normalized spacial score (nSPS) is 14.6. The van der Waals surface area contributed by atoms with Crippen LogP contribution in [0.4, 0.5) is 26.3 Å². The monoisotopic (exact) mass is 397 g/mol. The van der Waals surface area contributed by atoms with Gasteiger partial charge in [0.2, 0.25) is 5.88 Å². The van der Waals surface area contributed by atoms with Gasteiger partial charge in [-0.05, 0) is 18.2 Å². The van der Waals surface area contributed by atoms with Crippen molar-refractivity contribution in [3.05, 3.63) is 54.2 Å². The van der Waals surface area contributed by atoms with Gasteiger partial charge in [0, 0.05) is 6.07 Å². The predicted octanol–water partition coefficient (Wildman–Crippen LogP) is 4.18. The number of pyridine rings is 1. The number of hydrogen-bond donors (Lipinski definition) is 1. The summed E-state index contributed by atoms with van der Waals surface area (Å²) in [5, 5.41) is 9.17. The zero-order valence-corrected chi connectivity index (χ0v) is 13.4. The topological polar surface area (TPSA) is 60.8 Å². The van der Waals surface area contributed by atoms with Crippen LogP contribution < -0.4 is 4.74 Å². The third kappa shape index (κ3) is 6.38. The number of para-hydroxylation sites is 1. The van der Waals surface area contributed by atoms with Gasteiger partial charge in [0.15, 0.2) is 0 Å². The first-order valence-electron chi connectivity index (χ1n) is 7.31. The highest BCUT2D eigenvalue weighted by atomic mass is 19.4. The van der Waals surface area contributed by atoms with Crippen LogP contribution in [0.25, 0.3) is 0 Å². The Balaban J connectivity index is 2.00. The van der Waals surface area contributed by atoms with Crippen molar-refractivity contribution in [1.82, 2.24) is 4.98 Å². The summed E-state index contributed by atoms with van der Waals surface area (Å²) in [5.74, 6) is -3.99. The minimum Gasteiger partial charge on any atom is -0.439 e. The zero-order valence-electron chi connectivity index (χ0n) is 13.4. The Morgan fingerprint density at radius 1 is 0.889 bits per heavy atom. The summed E-state index contributed by atoms with van der Waals surface area (Å²) in [6, 6.07) is 12.7. The van der Waals surface area contributed by atoms with E-state index in [4.69, 9.17) is 4.74 Å². The molecular weight excluding hydrogens is 384 g/mol. The van der Waals surface area contributed by atoms with Gasteiger partial charge in [-0.1, -0.05) is 24.3 Å². The van der Waals surface area contributed by atoms with Crippen molar-refractivity contribution in [2.24, 2.45) is 0 Å². The molecule has 0 saturated carbocycles. The van der Waals surface area contributed by atoms with Gasteiger partial charge in [-0.15, -0.1) is 13.2 Å². The van der Waals surface area contributed by atoms with Crippen LogP contribution in [0.5, 0.6) is 11.6 Å². The molecule has 5 nitrogen and oxygen atoms in total. The van der Waals surface area contributed by atoms with E-state index in [-0.39, 0.29) is 11.6 Å². The van der Waals surface area contributed by atoms with Crippen molar-refractivity contribution in [2.45, 2.75) is 24.9 Å². The van der Waals surface area contributed by atoms with E-state index >= 15 is 0 Å². The van der Waals surface area contributed by atoms with Gasteiger partial charge in [0.1, 0.15) is 12.4 Å². The second-order valence-electron chi connectivity index (χ2n) is 5.21. The van der Waals surface area contributed by atoms with Crippen LogP contribution in [0.15, 0.2) is 48.5 Å². The zero-order chi connectivity index (χ0) is 20.1. The fourth-order valence-corrected chi connectivity index (χ4v) is 1.86. The molecule has 1 aromatic heterocycles. The van der Waals surface area contributed by atoms with E-state index < -0.39 is 31.5 Å². The van der Waals surface area contributed by atoms with E-state index in [2.05, 4.69) is 14.5 Å². The average molecular weight is 397 g/mol. The lowest BCUT2D eigenvalue weighted by Gasteiger charge is -2.30. The fourth-order valence-electron chi connectivity index (χ4n) is 1.86. The summed E-state index contributed by atoms with van der Waals surface area (Å²) in [4.78, 5) is 3.95. The molecule has 0 bridgehead atoms. The second-order valence-corrected chi connectivity index (χ2v) is 5.21. The van der Waals surface area contributed by atoms with Crippen LogP contribution in [-0.2, 0) is 16.1 Å². The molecule has 0 aliphatic rings. The van der Waals surface area contributed by atoms with E-state index in [9.17, 15) is 31.4 Å². The lowest BCUT2D eigenvalue weighted by molar-refractivity contribution is -0.474. The Bertz CT molecular complexity index is 738. The van der Waals surface area contributed by atoms with Crippen LogP contribution in [-0.4, -0.2) is 35.0 Å². The molecule has 0 aliphatic heterocycles. The maximum atomic E-state index is 12.7. The highest BCUT2D eigenvalue weighted by Gasteiger charge is 2.61. The molecular formula is C16H13F6NO4. The number of hydrogen-bond acceptors (Lipinski definition) is 5. The molecule has 0 spiro atoms. The predicted molar refractivity (Wildman–Crippen MR) is 78.6 cm³/mol. The molecule has 2 aromatic rings. The number of ether oxygens (including phenoxy) is 3. The lowest BCUT2D eigenvalue weighted by atomic mass is 10.3. The van der Waals surface area contributed by atoms with Crippen LogP contribution >= 0.6 is 0 Å². The average Bonchev–Trinajstić information content (AvgIpc) is 2.53. The number of aliphatic hydroxyl groups is 1. The molecule has 0 radical (unpaired) electrons. The number of halogens is 6. The highest BCUT2D eigenvalue weighted by molar-refractivity contribution is 5.27. The molecule has 1 heterocycles. The largest absolute Gasteiger partial charge is 0.525 e. The Labute approximate surface area is 149 Å². The summed E-state index contributed by atoms with van der Waals surface area (Å²) in [7, 11) is 0. The molecule has 0 amide bonds. The number of nitrogens with zero attached hydrogens (tertiary/aromatic N) is 1. The first-order chi connectivity index (χ1) is 12.5. The first-order valence-corrected chi connectivity index (χ1v) is 7.31. The first kappa shape index (κ1) is 20.9. The third-order valence-corrected chi connectivity index (χ3v) is 3.02. The van der Waals surface area contributed by atoms with E-state index in [1.54, 1.807) is 30.3 Å². The second kappa shape index (κ2) is 8.11. The molecule has 27 heavy (non-hydrogen) atoms. The van der Waals surface area contributed by atoms with E-state index in [0.717, 1.165) is 0 Å². The minimum atomic E-state index is -5.73. The summed E-state index contributed by atoms with van der Waals surface area (Å²) >= 11 is 0. The summed E-state index contributed by atoms with van der Waals surface area (Å²) in [6.07, 6.45) is -11.4.